The van der Waals surface area contributed by atoms with Crippen molar-refractivity contribution in [1.82, 2.24) is 9.62 Å². The van der Waals surface area contributed by atoms with E-state index in [9.17, 15) is 13.2 Å². The summed E-state index contributed by atoms with van der Waals surface area (Å²) in [4.78, 5) is 11.6. The highest BCUT2D eigenvalue weighted by molar-refractivity contribution is 7.88. The van der Waals surface area contributed by atoms with Crippen LogP contribution in [0.15, 0.2) is 0 Å². The van der Waals surface area contributed by atoms with E-state index in [1.54, 1.807) is 6.92 Å². The van der Waals surface area contributed by atoms with Gasteiger partial charge in [-0.05, 0) is 12.8 Å². The lowest BCUT2D eigenvalue weighted by Crippen LogP contribution is -2.41. The van der Waals surface area contributed by atoms with Crippen LogP contribution >= 0.6 is 0 Å². The summed E-state index contributed by atoms with van der Waals surface area (Å²) in [5, 5.41) is 2.74. The van der Waals surface area contributed by atoms with Crippen molar-refractivity contribution in [2.75, 3.05) is 25.9 Å². The van der Waals surface area contributed by atoms with Gasteiger partial charge < -0.3 is 11.1 Å². The van der Waals surface area contributed by atoms with Crippen LogP contribution in [0.5, 0.6) is 0 Å². The first kappa shape index (κ1) is 18.3. The molecule has 0 heterocycles. The number of hydrogen-bond donors (Lipinski definition) is 2. The molecule has 0 unspecified atom stereocenters. The third kappa shape index (κ3) is 8.18. The lowest BCUT2D eigenvalue weighted by Gasteiger charge is -2.18. The second kappa shape index (κ2) is 9.28. The maximum absolute atomic E-state index is 11.6. The van der Waals surface area contributed by atoms with E-state index in [2.05, 4.69) is 12.2 Å². The van der Waals surface area contributed by atoms with Gasteiger partial charge in [0.1, 0.15) is 0 Å². The van der Waals surface area contributed by atoms with Gasteiger partial charge in [0.25, 0.3) is 0 Å². The molecule has 6 nitrogen and oxygen atoms in total. The Hall–Kier alpha value is -0.660. The van der Waals surface area contributed by atoms with Crippen molar-refractivity contribution in [3.05, 3.63) is 0 Å². The first-order chi connectivity index (χ1) is 8.82. The second-order valence-electron chi connectivity index (χ2n) is 4.65. The topological polar surface area (TPSA) is 92.5 Å². The Bertz CT molecular complexity index is 357. The van der Waals surface area contributed by atoms with Crippen molar-refractivity contribution in [3.8, 4) is 0 Å². The Morgan fingerprint density at radius 2 is 1.95 bits per heavy atom. The zero-order valence-electron chi connectivity index (χ0n) is 12.2. The predicted octanol–water partition coefficient (Wildman–Crippen LogP) is 0.292. The van der Waals surface area contributed by atoms with E-state index in [0.717, 1.165) is 12.8 Å². The Morgan fingerprint density at radius 1 is 1.32 bits per heavy atom. The summed E-state index contributed by atoms with van der Waals surface area (Å²) in [6.07, 6.45) is 4.42. The molecule has 0 aromatic carbocycles. The number of nitrogens with zero attached hydrogens (tertiary/aromatic N) is 1. The zero-order valence-corrected chi connectivity index (χ0v) is 13.0. The van der Waals surface area contributed by atoms with Crippen LogP contribution in [0.4, 0.5) is 0 Å². The largest absolute Gasteiger partial charge is 0.355 e. The fourth-order valence-electron chi connectivity index (χ4n) is 1.71. The summed E-state index contributed by atoms with van der Waals surface area (Å²) in [5.74, 6) is -0.157. The number of nitrogens with two attached hydrogens (primary N) is 1. The predicted molar refractivity (Wildman–Crippen MR) is 77.2 cm³/mol. The van der Waals surface area contributed by atoms with Crippen LogP contribution in [0.2, 0.25) is 0 Å². The summed E-state index contributed by atoms with van der Waals surface area (Å²) in [6.45, 7) is 5.16. The molecule has 19 heavy (non-hydrogen) atoms. The standard InChI is InChI=1S/C12H27N3O3S/c1-4-6-8-11(13)12(16)14-9-7-10-15(5-2)19(3,17)18/h11H,4-10,13H2,1-3H3,(H,14,16)/t11-/m0/s1. The quantitative estimate of drug-likeness (QED) is 0.566. The molecule has 0 radical (unpaired) electrons. The Labute approximate surface area is 116 Å². The van der Waals surface area contributed by atoms with Gasteiger partial charge in [0.05, 0.1) is 12.3 Å². The van der Waals surface area contributed by atoms with E-state index >= 15 is 0 Å². The van der Waals surface area contributed by atoms with E-state index in [0.29, 0.717) is 32.5 Å². The molecule has 0 aliphatic carbocycles. The molecular formula is C12H27N3O3S. The highest BCUT2D eigenvalue weighted by Gasteiger charge is 2.15. The van der Waals surface area contributed by atoms with Crippen molar-refractivity contribution in [3.63, 3.8) is 0 Å². The minimum Gasteiger partial charge on any atom is -0.355 e. The summed E-state index contributed by atoms with van der Waals surface area (Å²) in [5.41, 5.74) is 5.72. The lowest BCUT2D eigenvalue weighted by molar-refractivity contribution is -0.122. The maximum Gasteiger partial charge on any atom is 0.236 e. The van der Waals surface area contributed by atoms with Crippen LogP contribution in [0.25, 0.3) is 0 Å². The molecule has 0 fully saturated rings. The van der Waals surface area contributed by atoms with E-state index in [4.69, 9.17) is 5.73 Å². The molecule has 114 valence electrons. The number of rotatable bonds is 10. The highest BCUT2D eigenvalue weighted by Crippen LogP contribution is 2.00. The fourth-order valence-corrected chi connectivity index (χ4v) is 2.64. The molecule has 0 saturated heterocycles. The van der Waals surface area contributed by atoms with Gasteiger partial charge in [0.2, 0.25) is 15.9 Å². The van der Waals surface area contributed by atoms with Gasteiger partial charge in [-0.2, -0.15) is 0 Å². The average molecular weight is 293 g/mol. The molecule has 1 amide bonds. The van der Waals surface area contributed by atoms with Gasteiger partial charge in [-0.3, -0.25) is 4.79 Å². The van der Waals surface area contributed by atoms with Crippen LogP contribution in [-0.2, 0) is 14.8 Å². The second-order valence-corrected chi connectivity index (χ2v) is 6.63. The molecule has 0 rings (SSSR count). The minimum atomic E-state index is -3.15. The number of unbranched alkanes of at least 4 members (excludes halogenated alkanes) is 1. The van der Waals surface area contributed by atoms with E-state index in [1.807, 2.05) is 0 Å². The van der Waals surface area contributed by atoms with Crippen LogP contribution in [0.3, 0.4) is 0 Å². The molecule has 3 N–H and O–H groups in total. The molecule has 0 aliphatic rings. The number of carbonyl (C=O) groups is 1. The Kier molecular flexibility index (Phi) is 8.95. The van der Waals surface area contributed by atoms with Gasteiger partial charge in [0, 0.05) is 19.6 Å². The van der Waals surface area contributed by atoms with Crippen LogP contribution < -0.4 is 11.1 Å². The first-order valence-corrected chi connectivity index (χ1v) is 8.66. The number of amides is 1. The SMILES string of the molecule is CCCC[C@H](N)C(=O)NCCCN(CC)S(C)(=O)=O. The summed E-state index contributed by atoms with van der Waals surface area (Å²) >= 11 is 0. The van der Waals surface area contributed by atoms with Gasteiger partial charge in [-0.25, -0.2) is 12.7 Å². The maximum atomic E-state index is 11.6. The van der Waals surface area contributed by atoms with E-state index in [-0.39, 0.29) is 5.91 Å². The van der Waals surface area contributed by atoms with Gasteiger partial charge in [-0.15, -0.1) is 0 Å². The average Bonchev–Trinajstić information content (AvgIpc) is 2.33. The van der Waals surface area contributed by atoms with Crippen LogP contribution in [-0.4, -0.2) is 50.6 Å². The Balaban J connectivity index is 3.88. The molecule has 0 bridgehead atoms. The lowest BCUT2D eigenvalue weighted by atomic mass is 10.1. The third-order valence-corrected chi connectivity index (χ3v) is 4.29. The number of carbonyl (C=O) groups excluding carboxylic acids is 1. The van der Waals surface area contributed by atoms with Crippen LogP contribution in [0, 0.1) is 0 Å². The molecular weight excluding hydrogens is 266 g/mol. The van der Waals surface area contributed by atoms with Crippen molar-refractivity contribution >= 4 is 15.9 Å². The highest BCUT2D eigenvalue weighted by atomic mass is 32.2. The molecule has 7 heteroatoms. The Morgan fingerprint density at radius 3 is 2.42 bits per heavy atom. The molecule has 0 spiro atoms. The molecule has 0 aromatic rings. The smallest absolute Gasteiger partial charge is 0.236 e. The number of sulfonamides is 1. The van der Waals surface area contributed by atoms with Gasteiger partial charge in [0.15, 0.2) is 0 Å². The monoisotopic (exact) mass is 293 g/mol. The van der Waals surface area contributed by atoms with Crippen LogP contribution in [0.1, 0.15) is 39.5 Å². The summed E-state index contributed by atoms with van der Waals surface area (Å²) in [6, 6.07) is -0.461. The number of hydrogen-bond acceptors (Lipinski definition) is 4. The molecule has 0 aromatic heterocycles. The van der Waals surface area contributed by atoms with E-state index in [1.165, 1.54) is 10.6 Å². The van der Waals surface area contributed by atoms with Crippen molar-refractivity contribution in [2.45, 2.75) is 45.6 Å². The van der Waals surface area contributed by atoms with Crippen molar-refractivity contribution < 1.29 is 13.2 Å². The summed E-state index contributed by atoms with van der Waals surface area (Å²) in [7, 11) is -3.15. The van der Waals surface area contributed by atoms with Crippen molar-refractivity contribution in [2.24, 2.45) is 5.73 Å². The van der Waals surface area contributed by atoms with Gasteiger partial charge >= 0.3 is 0 Å². The van der Waals surface area contributed by atoms with Gasteiger partial charge in [-0.1, -0.05) is 26.7 Å². The molecule has 0 aliphatic heterocycles. The first-order valence-electron chi connectivity index (χ1n) is 6.81. The summed E-state index contributed by atoms with van der Waals surface area (Å²) < 4.78 is 24.1. The zero-order chi connectivity index (χ0) is 14.9. The molecule has 1 atom stereocenters. The fraction of sp³-hybridized carbons (Fsp3) is 0.917. The number of nitrogens with one attached hydrogen (secondary N) is 1. The van der Waals surface area contributed by atoms with Crippen molar-refractivity contribution in [1.29, 1.82) is 0 Å². The normalized spacial score (nSPS) is 13.5. The van der Waals surface area contributed by atoms with E-state index < -0.39 is 16.1 Å². The minimum absolute atomic E-state index is 0.157. The third-order valence-electron chi connectivity index (χ3n) is 2.91. The molecule has 0 saturated carbocycles.